The molecule has 1 aliphatic carbocycles. The zero-order valence-electron chi connectivity index (χ0n) is 15.2. The third-order valence-electron chi connectivity index (χ3n) is 4.80. The van der Waals surface area contributed by atoms with E-state index in [0.29, 0.717) is 16.8 Å². The molecule has 1 aromatic carbocycles. The van der Waals surface area contributed by atoms with Gasteiger partial charge in [0.2, 0.25) is 0 Å². The van der Waals surface area contributed by atoms with E-state index in [-0.39, 0.29) is 24.0 Å². The number of nitrogens with zero attached hydrogens (tertiary/aromatic N) is 3. The van der Waals surface area contributed by atoms with Gasteiger partial charge in [-0.25, -0.2) is 9.78 Å². The lowest BCUT2D eigenvalue weighted by atomic mass is 10.0. The standard InChI is InChI=1S/C20H19ClN4O3/c1-11-2-7-15-16(8-11)25(18-17(22-15)19(27)24-20(28)23-18)10-14(26)9-12-3-5-13(21)6-4-12/h3-8,11,14,26H,2,9-10H2,1H3,(H,24,27,28). The van der Waals surface area contributed by atoms with E-state index in [1.807, 2.05) is 24.3 Å². The maximum absolute atomic E-state index is 12.2. The first-order chi connectivity index (χ1) is 13.4. The Morgan fingerprint density at radius 1 is 1.29 bits per heavy atom. The monoisotopic (exact) mass is 398 g/mol. The van der Waals surface area contributed by atoms with Gasteiger partial charge >= 0.3 is 5.69 Å². The lowest BCUT2D eigenvalue weighted by Gasteiger charge is -2.20. The summed E-state index contributed by atoms with van der Waals surface area (Å²) in [6.45, 7) is 2.25. The zero-order valence-corrected chi connectivity index (χ0v) is 16.0. The van der Waals surface area contributed by atoms with Gasteiger partial charge in [-0.3, -0.25) is 9.78 Å². The molecule has 1 aromatic rings. The van der Waals surface area contributed by atoms with Crippen LogP contribution in [0.4, 0.5) is 0 Å². The van der Waals surface area contributed by atoms with Crippen LogP contribution in [0.15, 0.2) is 33.9 Å². The van der Waals surface area contributed by atoms with Crippen LogP contribution in [0.3, 0.4) is 0 Å². The van der Waals surface area contributed by atoms with E-state index in [4.69, 9.17) is 11.6 Å². The molecule has 0 aromatic heterocycles. The first-order valence-electron chi connectivity index (χ1n) is 9.06. The number of aromatic amines is 1. The van der Waals surface area contributed by atoms with Crippen molar-refractivity contribution < 1.29 is 5.11 Å². The molecule has 3 aliphatic rings. The Hall–Kier alpha value is -2.77. The van der Waals surface area contributed by atoms with E-state index in [2.05, 4.69) is 21.9 Å². The van der Waals surface area contributed by atoms with Crippen LogP contribution >= 0.6 is 11.6 Å². The molecule has 0 saturated heterocycles. The summed E-state index contributed by atoms with van der Waals surface area (Å²) in [6.07, 6.45) is 4.46. The number of aliphatic hydroxyl groups excluding tert-OH is 1. The average Bonchev–Trinajstić information content (AvgIpc) is 2.64. The second kappa shape index (κ2) is 7.33. The first-order valence-corrected chi connectivity index (χ1v) is 9.44. The molecule has 0 radical (unpaired) electrons. The van der Waals surface area contributed by atoms with Gasteiger partial charge in [-0.2, -0.15) is 4.98 Å². The van der Waals surface area contributed by atoms with Gasteiger partial charge in [0, 0.05) is 11.4 Å². The van der Waals surface area contributed by atoms with E-state index in [0.717, 1.165) is 17.3 Å². The highest BCUT2D eigenvalue weighted by Crippen LogP contribution is 2.14. The molecular formula is C20H19ClN4O3. The van der Waals surface area contributed by atoms with Gasteiger partial charge in [-0.05, 0) is 30.0 Å². The summed E-state index contributed by atoms with van der Waals surface area (Å²) < 4.78 is 1.72. The van der Waals surface area contributed by atoms with Crippen LogP contribution in [0.5, 0.6) is 0 Å². The predicted octanol–water partition coefficient (Wildman–Crippen LogP) is 0.289. The fourth-order valence-corrected chi connectivity index (χ4v) is 3.59. The maximum Gasteiger partial charge on any atom is 0.349 e. The van der Waals surface area contributed by atoms with E-state index in [1.165, 1.54) is 0 Å². The lowest BCUT2D eigenvalue weighted by Crippen LogP contribution is -2.46. The van der Waals surface area contributed by atoms with Crippen molar-refractivity contribution >= 4 is 23.8 Å². The largest absolute Gasteiger partial charge is 0.391 e. The number of hydrogen-bond acceptors (Lipinski definition) is 5. The number of rotatable bonds is 4. The van der Waals surface area contributed by atoms with Crippen molar-refractivity contribution in [3.05, 3.63) is 66.4 Å². The number of hydrogen-bond donors (Lipinski definition) is 2. The maximum atomic E-state index is 12.2. The van der Waals surface area contributed by atoms with Gasteiger partial charge in [-0.15, -0.1) is 0 Å². The number of halogens is 1. The Morgan fingerprint density at radius 3 is 2.79 bits per heavy atom. The molecule has 8 heteroatoms. The highest BCUT2D eigenvalue weighted by atomic mass is 35.5. The van der Waals surface area contributed by atoms with Crippen molar-refractivity contribution in [2.45, 2.75) is 32.4 Å². The van der Waals surface area contributed by atoms with Gasteiger partial charge in [0.1, 0.15) is 0 Å². The van der Waals surface area contributed by atoms with Crippen LogP contribution < -0.4 is 21.9 Å². The number of H-pyrrole nitrogens is 1. The Bertz CT molecular complexity index is 1230. The molecule has 7 nitrogen and oxygen atoms in total. The second-order valence-electron chi connectivity index (χ2n) is 7.10. The Morgan fingerprint density at radius 2 is 2.04 bits per heavy atom. The Kier molecular flexibility index (Phi) is 4.87. The summed E-state index contributed by atoms with van der Waals surface area (Å²) in [4.78, 5) is 34.6. The molecule has 0 spiro atoms. The summed E-state index contributed by atoms with van der Waals surface area (Å²) in [5, 5.41) is 12.8. The van der Waals surface area contributed by atoms with Crippen LogP contribution in [0, 0.1) is 5.92 Å². The number of aromatic nitrogens is 4. The average molecular weight is 399 g/mol. The third kappa shape index (κ3) is 3.63. The molecule has 28 heavy (non-hydrogen) atoms. The van der Waals surface area contributed by atoms with Gasteiger partial charge in [0.25, 0.3) is 5.56 Å². The van der Waals surface area contributed by atoms with Crippen molar-refractivity contribution in [2.24, 2.45) is 5.92 Å². The van der Waals surface area contributed by atoms with Crippen LogP contribution in [-0.4, -0.2) is 30.7 Å². The van der Waals surface area contributed by atoms with E-state index in [9.17, 15) is 14.7 Å². The first kappa shape index (κ1) is 18.6. The van der Waals surface area contributed by atoms with Crippen molar-refractivity contribution in [1.82, 2.24) is 19.5 Å². The van der Waals surface area contributed by atoms with Gasteiger partial charge in [0.05, 0.1) is 23.3 Å². The van der Waals surface area contributed by atoms with E-state index in [1.54, 1.807) is 16.7 Å². The molecule has 2 N–H and O–H groups in total. The number of nitrogens with one attached hydrogen (secondary N) is 1. The third-order valence-corrected chi connectivity index (χ3v) is 5.05. The highest BCUT2D eigenvalue weighted by molar-refractivity contribution is 6.30. The quantitative estimate of drug-likeness (QED) is 0.657. The van der Waals surface area contributed by atoms with Gasteiger partial charge < -0.3 is 9.67 Å². The molecule has 2 unspecified atom stereocenters. The van der Waals surface area contributed by atoms with Crippen molar-refractivity contribution in [3.8, 4) is 11.5 Å². The number of benzene rings is 1. The summed E-state index contributed by atoms with van der Waals surface area (Å²) in [5.74, 6) is 0.460. The SMILES string of the molecule is CC1C=c2c(nc3c(=O)[nH]c(=O)nc-3n2CC(O)Cc2ccc(Cl)cc2)=CC1. The summed E-state index contributed by atoms with van der Waals surface area (Å²) >= 11 is 5.91. The highest BCUT2D eigenvalue weighted by Gasteiger charge is 2.20. The van der Waals surface area contributed by atoms with Crippen molar-refractivity contribution in [1.29, 1.82) is 0 Å². The van der Waals surface area contributed by atoms with E-state index >= 15 is 0 Å². The molecule has 2 heterocycles. The zero-order chi connectivity index (χ0) is 19.8. The molecule has 2 aliphatic heterocycles. The topological polar surface area (TPSA) is 101 Å². The molecule has 0 fully saturated rings. The minimum absolute atomic E-state index is 0.0937. The molecule has 0 saturated carbocycles. The van der Waals surface area contributed by atoms with Gasteiger partial charge in [-0.1, -0.05) is 42.8 Å². The van der Waals surface area contributed by atoms with Crippen LogP contribution in [0.25, 0.3) is 23.7 Å². The normalized spacial score (nSPS) is 16.9. The molecular weight excluding hydrogens is 380 g/mol. The Labute approximate surface area is 165 Å². The lowest BCUT2D eigenvalue weighted by molar-refractivity contribution is 0.153. The molecule has 0 amide bonds. The van der Waals surface area contributed by atoms with Gasteiger partial charge in [0.15, 0.2) is 11.5 Å². The number of aliphatic hydroxyl groups is 1. The summed E-state index contributed by atoms with van der Waals surface area (Å²) in [6, 6.07) is 7.26. The molecule has 2 atom stereocenters. The van der Waals surface area contributed by atoms with Crippen molar-refractivity contribution in [2.75, 3.05) is 0 Å². The van der Waals surface area contributed by atoms with Crippen LogP contribution in [-0.2, 0) is 13.0 Å². The number of fused-ring (bicyclic) bond motifs is 2. The van der Waals surface area contributed by atoms with Crippen molar-refractivity contribution in [3.63, 3.8) is 0 Å². The predicted molar refractivity (Wildman–Crippen MR) is 107 cm³/mol. The second-order valence-corrected chi connectivity index (χ2v) is 7.54. The Balaban J connectivity index is 1.82. The van der Waals surface area contributed by atoms with E-state index < -0.39 is 17.4 Å². The minimum atomic E-state index is -0.748. The molecule has 4 rings (SSSR count). The summed E-state index contributed by atoms with van der Waals surface area (Å²) in [5.41, 5.74) is -0.279. The molecule has 0 bridgehead atoms. The smallest absolute Gasteiger partial charge is 0.349 e. The summed E-state index contributed by atoms with van der Waals surface area (Å²) in [7, 11) is 0. The fraction of sp³-hybridized carbons (Fsp3) is 0.300. The van der Waals surface area contributed by atoms with Crippen LogP contribution in [0.1, 0.15) is 18.9 Å². The fourth-order valence-electron chi connectivity index (χ4n) is 3.47. The van der Waals surface area contributed by atoms with Crippen LogP contribution in [0.2, 0.25) is 5.02 Å². The minimum Gasteiger partial charge on any atom is -0.391 e. The molecule has 144 valence electrons.